The predicted molar refractivity (Wildman–Crippen MR) is 207 cm³/mol. The van der Waals surface area contributed by atoms with Gasteiger partial charge in [0.05, 0.1) is 26.9 Å². The van der Waals surface area contributed by atoms with Gasteiger partial charge in [-0.15, -0.1) is 11.3 Å². The van der Waals surface area contributed by atoms with E-state index < -0.39 is 0 Å². The maximum atomic E-state index is 5.29. The molecule has 50 heavy (non-hydrogen) atoms. The molecule has 4 heterocycles. The zero-order chi connectivity index (χ0) is 33.0. The fraction of sp³-hybridized carbons (Fsp3) is 0. The highest BCUT2D eigenvalue weighted by atomic mass is 32.1. The lowest BCUT2D eigenvalue weighted by Crippen LogP contribution is -2.00. The van der Waals surface area contributed by atoms with Crippen LogP contribution in [0.4, 0.5) is 0 Å². The average Bonchev–Trinajstić information content (AvgIpc) is 3.74. The van der Waals surface area contributed by atoms with E-state index in [0.29, 0.717) is 17.5 Å². The molecule has 6 heteroatoms. The molecule has 0 aliphatic heterocycles. The third-order valence-corrected chi connectivity index (χ3v) is 10.5. The minimum Gasteiger partial charge on any atom is -0.308 e. The molecule has 10 rings (SSSR count). The van der Waals surface area contributed by atoms with Crippen LogP contribution in [0.5, 0.6) is 0 Å². The van der Waals surface area contributed by atoms with E-state index >= 15 is 0 Å². The van der Waals surface area contributed by atoms with E-state index in [1.807, 2.05) is 72.0 Å². The van der Waals surface area contributed by atoms with Crippen molar-refractivity contribution in [3.8, 4) is 51.1 Å². The summed E-state index contributed by atoms with van der Waals surface area (Å²) in [7, 11) is 0. The maximum absolute atomic E-state index is 5.29. The van der Waals surface area contributed by atoms with Crippen molar-refractivity contribution in [1.82, 2.24) is 24.5 Å². The summed E-state index contributed by atoms with van der Waals surface area (Å²) in [5.41, 5.74) is 9.33. The minimum absolute atomic E-state index is 0.634. The van der Waals surface area contributed by atoms with Crippen LogP contribution >= 0.6 is 11.3 Å². The molecule has 6 aromatic carbocycles. The Hall–Kier alpha value is -6.50. The van der Waals surface area contributed by atoms with Gasteiger partial charge in [-0.2, -0.15) is 0 Å². The second kappa shape index (κ2) is 11.6. The van der Waals surface area contributed by atoms with Crippen molar-refractivity contribution in [3.63, 3.8) is 0 Å². The number of benzene rings is 6. The van der Waals surface area contributed by atoms with Crippen LogP contribution in [-0.4, -0.2) is 24.5 Å². The molecule has 0 saturated heterocycles. The number of hydrogen-bond donors (Lipinski definition) is 0. The van der Waals surface area contributed by atoms with Gasteiger partial charge in [0.2, 0.25) is 0 Å². The molecule has 0 fully saturated rings. The van der Waals surface area contributed by atoms with Crippen LogP contribution in [0.25, 0.3) is 93.2 Å². The molecule has 0 spiro atoms. The van der Waals surface area contributed by atoms with Crippen LogP contribution < -0.4 is 0 Å². The monoisotopic (exact) mass is 657 g/mol. The fourth-order valence-electron chi connectivity index (χ4n) is 6.92. The van der Waals surface area contributed by atoms with Crippen molar-refractivity contribution in [2.24, 2.45) is 0 Å². The Morgan fingerprint density at radius 2 is 0.900 bits per heavy atom. The highest BCUT2D eigenvalue weighted by Crippen LogP contribution is 2.47. The standard InChI is InChI=1S/C44H27N5S/c1-4-14-28(15-5-1)38-37-39-41(50-40(37)33-20-10-12-22-35(33)45-38)34-21-11-13-23-36(34)49(39)32-26-24-31(25-27-32)44-47-42(29-16-6-2-7-17-29)46-43(48-44)30-18-8-3-9-19-30/h1-27H. The predicted octanol–water partition coefficient (Wildman–Crippen LogP) is 11.4. The van der Waals surface area contributed by atoms with E-state index in [1.54, 1.807) is 0 Å². The lowest BCUT2D eigenvalue weighted by atomic mass is 10.0. The number of para-hydroxylation sites is 2. The Morgan fingerprint density at radius 1 is 0.400 bits per heavy atom. The largest absolute Gasteiger partial charge is 0.308 e. The van der Waals surface area contributed by atoms with Gasteiger partial charge in [0.25, 0.3) is 0 Å². The molecule has 0 saturated carbocycles. The normalized spacial score (nSPS) is 11.6. The van der Waals surface area contributed by atoms with Crippen LogP contribution in [0.1, 0.15) is 0 Å². The van der Waals surface area contributed by atoms with Gasteiger partial charge in [-0.05, 0) is 36.4 Å². The van der Waals surface area contributed by atoms with Crippen molar-refractivity contribution in [2.45, 2.75) is 0 Å². The van der Waals surface area contributed by atoms with E-state index in [9.17, 15) is 0 Å². The minimum atomic E-state index is 0.634. The third-order valence-electron chi connectivity index (χ3n) is 9.24. The van der Waals surface area contributed by atoms with Gasteiger partial charge in [-0.1, -0.05) is 127 Å². The molecule has 0 bridgehead atoms. The van der Waals surface area contributed by atoms with Crippen LogP contribution in [0, 0.1) is 0 Å². The molecule has 4 aromatic heterocycles. The quantitative estimate of drug-likeness (QED) is 0.185. The summed E-state index contributed by atoms with van der Waals surface area (Å²) in [6, 6.07) is 56.5. The van der Waals surface area contributed by atoms with Gasteiger partial charge < -0.3 is 4.57 Å². The summed E-state index contributed by atoms with van der Waals surface area (Å²) in [6.45, 7) is 0. The molecule has 0 atom stereocenters. The Labute approximate surface area is 291 Å². The second-order valence-electron chi connectivity index (χ2n) is 12.3. The average molecular weight is 658 g/mol. The number of pyridine rings is 1. The lowest BCUT2D eigenvalue weighted by Gasteiger charge is -2.12. The molecule has 234 valence electrons. The summed E-state index contributed by atoms with van der Waals surface area (Å²) in [4.78, 5) is 20.1. The van der Waals surface area contributed by atoms with Gasteiger partial charge in [-0.25, -0.2) is 19.9 Å². The SMILES string of the molecule is c1ccc(-c2nc(-c3ccccc3)nc(-c3ccc(-n4c5ccccc5c5sc6c7ccccc7nc(-c7ccccc7)c6c54)cc3)n2)cc1. The first-order valence-electron chi connectivity index (χ1n) is 16.6. The van der Waals surface area contributed by atoms with E-state index in [0.717, 1.165) is 44.7 Å². The Kier molecular flexibility index (Phi) is 6.60. The number of nitrogens with zero attached hydrogens (tertiary/aromatic N) is 5. The summed E-state index contributed by atoms with van der Waals surface area (Å²) < 4.78 is 4.91. The summed E-state index contributed by atoms with van der Waals surface area (Å²) in [5, 5.41) is 3.58. The Morgan fingerprint density at radius 3 is 1.52 bits per heavy atom. The third kappa shape index (κ3) is 4.61. The molecule has 0 amide bonds. The van der Waals surface area contributed by atoms with E-state index in [2.05, 4.69) is 108 Å². The smallest absolute Gasteiger partial charge is 0.164 e. The van der Waals surface area contributed by atoms with Gasteiger partial charge in [0, 0.05) is 48.8 Å². The molecule has 0 N–H and O–H groups in total. The summed E-state index contributed by atoms with van der Waals surface area (Å²) in [5.74, 6) is 1.93. The van der Waals surface area contributed by atoms with Crippen molar-refractivity contribution >= 4 is 53.4 Å². The molecule has 0 aliphatic carbocycles. The lowest BCUT2D eigenvalue weighted by molar-refractivity contribution is 1.07. The first-order valence-corrected chi connectivity index (χ1v) is 17.4. The molecule has 0 radical (unpaired) electrons. The maximum Gasteiger partial charge on any atom is 0.164 e. The highest BCUT2D eigenvalue weighted by molar-refractivity contribution is 7.27. The fourth-order valence-corrected chi connectivity index (χ4v) is 8.27. The zero-order valence-electron chi connectivity index (χ0n) is 26.7. The van der Waals surface area contributed by atoms with E-state index in [1.165, 1.54) is 31.1 Å². The Bertz CT molecular complexity index is 2780. The topological polar surface area (TPSA) is 56.5 Å². The zero-order valence-corrected chi connectivity index (χ0v) is 27.5. The van der Waals surface area contributed by atoms with Crippen molar-refractivity contribution < 1.29 is 0 Å². The second-order valence-corrected chi connectivity index (χ2v) is 13.3. The Balaban J connectivity index is 1.20. The van der Waals surface area contributed by atoms with Gasteiger partial charge >= 0.3 is 0 Å². The molecule has 5 nitrogen and oxygen atoms in total. The van der Waals surface area contributed by atoms with Crippen molar-refractivity contribution in [2.75, 3.05) is 0 Å². The number of fused-ring (bicyclic) bond motifs is 7. The van der Waals surface area contributed by atoms with E-state index in [4.69, 9.17) is 19.9 Å². The van der Waals surface area contributed by atoms with E-state index in [-0.39, 0.29) is 0 Å². The van der Waals surface area contributed by atoms with Gasteiger partial charge in [0.15, 0.2) is 17.5 Å². The van der Waals surface area contributed by atoms with Crippen molar-refractivity contribution in [3.05, 3.63) is 164 Å². The molecular weight excluding hydrogens is 631 g/mol. The summed E-state index contributed by atoms with van der Waals surface area (Å²) >= 11 is 1.86. The molecular formula is C44H27N5S. The van der Waals surface area contributed by atoms with Crippen LogP contribution in [-0.2, 0) is 0 Å². The van der Waals surface area contributed by atoms with Crippen LogP contribution in [0.15, 0.2) is 164 Å². The highest BCUT2D eigenvalue weighted by Gasteiger charge is 2.23. The molecule has 0 unspecified atom stereocenters. The number of thiophene rings is 1. The number of rotatable bonds is 5. The number of aromatic nitrogens is 5. The molecule has 10 aromatic rings. The van der Waals surface area contributed by atoms with Gasteiger partial charge in [0.1, 0.15) is 0 Å². The van der Waals surface area contributed by atoms with Crippen LogP contribution in [0.2, 0.25) is 0 Å². The number of hydrogen-bond acceptors (Lipinski definition) is 5. The first-order chi connectivity index (χ1) is 24.8. The van der Waals surface area contributed by atoms with Gasteiger partial charge in [-0.3, -0.25) is 0 Å². The first kappa shape index (κ1) is 28.5. The summed E-state index contributed by atoms with van der Waals surface area (Å²) in [6.07, 6.45) is 0. The van der Waals surface area contributed by atoms with Crippen molar-refractivity contribution in [1.29, 1.82) is 0 Å². The molecule has 0 aliphatic rings. The van der Waals surface area contributed by atoms with Crippen LogP contribution in [0.3, 0.4) is 0 Å².